The van der Waals surface area contributed by atoms with Gasteiger partial charge in [-0.2, -0.15) is 15.4 Å². The summed E-state index contributed by atoms with van der Waals surface area (Å²) in [5.74, 6) is 0.177. The second kappa shape index (κ2) is 6.89. The number of aromatic nitrogens is 3. The van der Waals surface area contributed by atoms with Gasteiger partial charge in [-0.05, 0) is 30.4 Å². The average Bonchev–Trinajstić information content (AvgIpc) is 3.17. The smallest absolute Gasteiger partial charge is 0.274 e. The monoisotopic (exact) mass is 332 g/mol. The van der Waals surface area contributed by atoms with Crippen molar-refractivity contribution in [3.63, 3.8) is 0 Å². The Balaban J connectivity index is 1.49. The van der Waals surface area contributed by atoms with E-state index in [1.165, 1.54) is 11.1 Å². The van der Waals surface area contributed by atoms with Gasteiger partial charge in [-0.3, -0.25) is 4.79 Å². The molecule has 1 aliphatic carbocycles. The standard InChI is InChI=1S/C20H20N4O/c25-20(19-18(22-24-23-19)15-8-2-1-3-9-15)21-13-16-11-6-10-14-7-4-5-12-17(14)16/h1-5,7-9,12,16H,6,10-11,13H2,(H,21,25)(H,22,23,24)/t16-/m1/s1. The zero-order valence-electron chi connectivity index (χ0n) is 13.9. The van der Waals surface area contributed by atoms with Gasteiger partial charge >= 0.3 is 0 Å². The van der Waals surface area contributed by atoms with Crippen LogP contribution in [0.2, 0.25) is 0 Å². The lowest BCUT2D eigenvalue weighted by atomic mass is 9.83. The van der Waals surface area contributed by atoms with Crippen molar-refractivity contribution in [1.29, 1.82) is 0 Å². The van der Waals surface area contributed by atoms with E-state index >= 15 is 0 Å². The van der Waals surface area contributed by atoms with Gasteiger partial charge in [0.2, 0.25) is 0 Å². The minimum Gasteiger partial charge on any atom is -0.350 e. The molecule has 0 bridgehead atoms. The molecule has 5 nitrogen and oxygen atoms in total. The molecule has 0 radical (unpaired) electrons. The minimum atomic E-state index is -0.185. The van der Waals surface area contributed by atoms with E-state index in [-0.39, 0.29) is 5.91 Å². The number of H-pyrrole nitrogens is 1. The molecule has 0 fully saturated rings. The first-order chi connectivity index (χ1) is 12.3. The molecule has 0 saturated heterocycles. The van der Waals surface area contributed by atoms with Gasteiger partial charge in [0.1, 0.15) is 5.69 Å². The number of carbonyl (C=O) groups excluding carboxylic acids is 1. The first-order valence-electron chi connectivity index (χ1n) is 8.65. The van der Waals surface area contributed by atoms with Crippen molar-refractivity contribution in [3.05, 3.63) is 71.4 Å². The predicted molar refractivity (Wildman–Crippen MR) is 96.3 cm³/mol. The number of aryl methyl sites for hydroxylation is 1. The van der Waals surface area contributed by atoms with Crippen LogP contribution in [0.25, 0.3) is 11.3 Å². The lowest BCUT2D eigenvalue weighted by molar-refractivity contribution is 0.0946. The summed E-state index contributed by atoms with van der Waals surface area (Å²) in [5.41, 5.74) is 4.57. The molecule has 1 heterocycles. The molecule has 2 N–H and O–H groups in total. The van der Waals surface area contributed by atoms with E-state index in [0.29, 0.717) is 23.9 Å². The van der Waals surface area contributed by atoms with Crippen LogP contribution in [-0.4, -0.2) is 27.9 Å². The quantitative estimate of drug-likeness (QED) is 0.770. The van der Waals surface area contributed by atoms with Crippen molar-refractivity contribution in [2.75, 3.05) is 6.54 Å². The first kappa shape index (κ1) is 15.6. The zero-order valence-corrected chi connectivity index (χ0v) is 13.9. The molecule has 0 saturated carbocycles. The van der Waals surface area contributed by atoms with E-state index in [4.69, 9.17) is 0 Å². The number of carbonyl (C=O) groups is 1. The van der Waals surface area contributed by atoms with Crippen LogP contribution in [0.5, 0.6) is 0 Å². The van der Waals surface area contributed by atoms with Crippen molar-refractivity contribution in [3.8, 4) is 11.3 Å². The number of hydrogen-bond donors (Lipinski definition) is 2. The van der Waals surface area contributed by atoms with Crippen LogP contribution in [0, 0.1) is 0 Å². The van der Waals surface area contributed by atoms with E-state index in [1.807, 2.05) is 30.3 Å². The summed E-state index contributed by atoms with van der Waals surface area (Å²) in [5, 5.41) is 13.8. The number of fused-ring (bicyclic) bond motifs is 1. The number of rotatable bonds is 4. The molecule has 5 heteroatoms. The summed E-state index contributed by atoms with van der Waals surface area (Å²) in [6.07, 6.45) is 3.39. The summed E-state index contributed by atoms with van der Waals surface area (Å²) in [7, 11) is 0. The van der Waals surface area contributed by atoms with Crippen molar-refractivity contribution < 1.29 is 4.79 Å². The summed E-state index contributed by atoms with van der Waals surface area (Å²) < 4.78 is 0. The molecule has 1 atom stereocenters. The predicted octanol–water partition coefficient (Wildman–Crippen LogP) is 3.32. The van der Waals surface area contributed by atoms with E-state index in [1.54, 1.807) is 0 Å². The fourth-order valence-corrected chi connectivity index (χ4v) is 3.55. The molecule has 0 aliphatic heterocycles. The number of hydrogen-bond acceptors (Lipinski definition) is 3. The number of amides is 1. The van der Waals surface area contributed by atoms with Crippen molar-refractivity contribution >= 4 is 5.91 Å². The Labute approximate surface area is 146 Å². The molecule has 2 aromatic carbocycles. The summed E-state index contributed by atoms with van der Waals surface area (Å²) in [6, 6.07) is 18.1. The van der Waals surface area contributed by atoms with Crippen LogP contribution in [0.1, 0.15) is 40.4 Å². The van der Waals surface area contributed by atoms with E-state index in [9.17, 15) is 4.79 Å². The summed E-state index contributed by atoms with van der Waals surface area (Å²) in [6.45, 7) is 0.622. The summed E-state index contributed by atoms with van der Waals surface area (Å²) in [4.78, 5) is 12.6. The molecular formula is C20H20N4O. The number of aromatic amines is 1. The van der Waals surface area contributed by atoms with Gasteiger partial charge in [-0.15, -0.1) is 0 Å². The number of benzene rings is 2. The van der Waals surface area contributed by atoms with Gasteiger partial charge in [0.25, 0.3) is 5.91 Å². The maximum atomic E-state index is 12.6. The Bertz CT molecular complexity index is 872. The first-order valence-corrected chi connectivity index (χ1v) is 8.65. The molecule has 3 aromatic rings. The van der Waals surface area contributed by atoms with Crippen molar-refractivity contribution in [2.45, 2.75) is 25.2 Å². The maximum Gasteiger partial charge on any atom is 0.274 e. The fourth-order valence-electron chi connectivity index (χ4n) is 3.55. The maximum absolute atomic E-state index is 12.6. The Morgan fingerprint density at radius 3 is 2.76 bits per heavy atom. The van der Waals surface area contributed by atoms with Crippen LogP contribution in [0.3, 0.4) is 0 Å². The van der Waals surface area contributed by atoms with Crippen LogP contribution >= 0.6 is 0 Å². The lowest BCUT2D eigenvalue weighted by Gasteiger charge is -2.25. The lowest BCUT2D eigenvalue weighted by Crippen LogP contribution is -2.30. The minimum absolute atomic E-state index is 0.185. The highest BCUT2D eigenvalue weighted by Crippen LogP contribution is 2.31. The highest BCUT2D eigenvalue weighted by atomic mass is 16.2. The molecule has 0 spiro atoms. The van der Waals surface area contributed by atoms with Crippen molar-refractivity contribution in [1.82, 2.24) is 20.7 Å². The second-order valence-corrected chi connectivity index (χ2v) is 6.38. The molecule has 1 amide bonds. The number of nitrogens with zero attached hydrogens (tertiary/aromatic N) is 2. The van der Waals surface area contributed by atoms with Crippen LogP contribution in [0.15, 0.2) is 54.6 Å². The topological polar surface area (TPSA) is 70.7 Å². The van der Waals surface area contributed by atoms with Crippen LogP contribution < -0.4 is 5.32 Å². The van der Waals surface area contributed by atoms with Crippen LogP contribution in [-0.2, 0) is 6.42 Å². The molecule has 1 aliphatic rings. The van der Waals surface area contributed by atoms with Gasteiger partial charge in [-0.1, -0.05) is 54.6 Å². The van der Waals surface area contributed by atoms with E-state index < -0.39 is 0 Å². The zero-order chi connectivity index (χ0) is 17.1. The molecule has 0 unspecified atom stereocenters. The third-order valence-electron chi connectivity index (χ3n) is 4.81. The van der Waals surface area contributed by atoms with Gasteiger partial charge in [0, 0.05) is 18.0 Å². The number of nitrogens with one attached hydrogen (secondary N) is 2. The third-order valence-corrected chi connectivity index (χ3v) is 4.81. The van der Waals surface area contributed by atoms with E-state index in [2.05, 4.69) is 45.0 Å². The molecule has 25 heavy (non-hydrogen) atoms. The van der Waals surface area contributed by atoms with Gasteiger partial charge in [-0.25, -0.2) is 0 Å². The second-order valence-electron chi connectivity index (χ2n) is 6.38. The van der Waals surface area contributed by atoms with Crippen molar-refractivity contribution in [2.24, 2.45) is 0 Å². The summed E-state index contributed by atoms with van der Waals surface area (Å²) >= 11 is 0. The molecule has 126 valence electrons. The normalized spacial score (nSPS) is 16.2. The SMILES string of the molecule is O=C(NC[C@H]1CCCc2ccccc21)c1n[nH]nc1-c1ccccc1. The third kappa shape index (κ3) is 3.18. The molecule has 4 rings (SSSR count). The van der Waals surface area contributed by atoms with E-state index in [0.717, 1.165) is 24.8 Å². The van der Waals surface area contributed by atoms with Crippen LogP contribution in [0.4, 0.5) is 0 Å². The Hall–Kier alpha value is -2.95. The average molecular weight is 332 g/mol. The molecule has 1 aromatic heterocycles. The highest BCUT2D eigenvalue weighted by molar-refractivity contribution is 5.97. The van der Waals surface area contributed by atoms with Gasteiger partial charge in [0.15, 0.2) is 5.69 Å². The van der Waals surface area contributed by atoms with Gasteiger partial charge < -0.3 is 5.32 Å². The largest absolute Gasteiger partial charge is 0.350 e. The van der Waals surface area contributed by atoms with Gasteiger partial charge in [0.05, 0.1) is 0 Å². The highest BCUT2D eigenvalue weighted by Gasteiger charge is 2.22. The molecular weight excluding hydrogens is 312 g/mol. The Morgan fingerprint density at radius 1 is 1.08 bits per heavy atom. The Morgan fingerprint density at radius 2 is 1.88 bits per heavy atom. The Kier molecular flexibility index (Phi) is 4.29. The fraction of sp³-hybridized carbons (Fsp3) is 0.250.